The number of ether oxygens (including phenoxy) is 1. The maximum absolute atomic E-state index is 5.52. The lowest BCUT2D eigenvalue weighted by Gasteiger charge is -2.52. The summed E-state index contributed by atoms with van der Waals surface area (Å²) in [6, 6.07) is 0.654. The summed E-state index contributed by atoms with van der Waals surface area (Å²) in [4.78, 5) is 2.82. The molecule has 2 saturated heterocycles. The molecule has 3 nitrogen and oxygen atoms in total. The van der Waals surface area contributed by atoms with Gasteiger partial charge in [-0.3, -0.25) is 4.90 Å². The monoisotopic (exact) mass is 282 g/mol. The minimum Gasteiger partial charge on any atom is -0.381 e. The minimum absolute atomic E-state index is 0.379. The highest BCUT2D eigenvalue weighted by atomic mass is 16.5. The average Bonchev–Trinajstić information content (AvgIpc) is 2.48. The van der Waals surface area contributed by atoms with Gasteiger partial charge in [-0.15, -0.1) is 0 Å². The first-order valence-corrected chi connectivity index (χ1v) is 8.67. The highest BCUT2D eigenvalue weighted by Crippen LogP contribution is 2.30. The molecule has 118 valence electrons. The van der Waals surface area contributed by atoms with Gasteiger partial charge in [-0.25, -0.2) is 0 Å². The van der Waals surface area contributed by atoms with E-state index in [1.54, 1.807) is 0 Å². The van der Waals surface area contributed by atoms with Crippen molar-refractivity contribution in [1.29, 1.82) is 0 Å². The third kappa shape index (κ3) is 3.55. The van der Waals surface area contributed by atoms with Crippen LogP contribution >= 0.6 is 0 Å². The van der Waals surface area contributed by atoms with Gasteiger partial charge in [0.15, 0.2) is 0 Å². The molecule has 0 aromatic carbocycles. The largest absolute Gasteiger partial charge is 0.381 e. The van der Waals surface area contributed by atoms with Gasteiger partial charge in [0, 0.05) is 44.4 Å². The number of piperazine rings is 1. The molecule has 2 heterocycles. The first kappa shape index (κ1) is 16.3. The molecule has 0 aromatic rings. The third-order valence-corrected chi connectivity index (χ3v) is 5.72. The number of hydrogen-bond acceptors (Lipinski definition) is 3. The average molecular weight is 282 g/mol. The summed E-state index contributed by atoms with van der Waals surface area (Å²) in [5.41, 5.74) is 0.379. The summed E-state index contributed by atoms with van der Waals surface area (Å²) in [6.45, 7) is 15.0. The van der Waals surface area contributed by atoms with Crippen LogP contribution in [0.25, 0.3) is 0 Å². The number of hydrogen-bond donors (Lipinski definition) is 1. The molecule has 2 fully saturated rings. The van der Waals surface area contributed by atoms with Crippen molar-refractivity contribution in [2.45, 2.75) is 65.0 Å². The lowest BCUT2D eigenvalue weighted by molar-refractivity contribution is -0.0117. The fourth-order valence-corrected chi connectivity index (χ4v) is 3.83. The molecule has 0 aliphatic carbocycles. The van der Waals surface area contributed by atoms with Crippen LogP contribution in [0.15, 0.2) is 0 Å². The van der Waals surface area contributed by atoms with Crippen molar-refractivity contribution >= 4 is 0 Å². The van der Waals surface area contributed by atoms with Crippen LogP contribution < -0.4 is 5.32 Å². The second-order valence-corrected chi connectivity index (χ2v) is 7.12. The minimum atomic E-state index is 0.379. The van der Waals surface area contributed by atoms with Crippen molar-refractivity contribution in [3.05, 3.63) is 0 Å². The molecule has 2 aliphatic rings. The van der Waals surface area contributed by atoms with Gasteiger partial charge in [0.1, 0.15) is 0 Å². The Labute approximate surface area is 125 Å². The van der Waals surface area contributed by atoms with E-state index in [4.69, 9.17) is 4.74 Å². The molecule has 0 saturated carbocycles. The number of rotatable bonds is 5. The Kier molecular flexibility index (Phi) is 5.88. The summed E-state index contributed by atoms with van der Waals surface area (Å²) >= 11 is 0. The highest BCUT2D eigenvalue weighted by molar-refractivity contribution is 4.98. The zero-order valence-corrected chi connectivity index (χ0v) is 14.0. The number of nitrogens with zero attached hydrogens (tertiary/aromatic N) is 1. The van der Waals surface area contributed by atoms with Crippen LogP contribution in [0.2, 0.25) is 0 Å². The molecule has 2 rings (SSSR count). The molecule has 0 aromatic heterocycles. The third-order valence-electron chi connectivity index (χ3n) is 5.72. The predicted molar refractivity (Wildman–Crippen MR) is 85.1 cm³/mol. The van der Waals surface area contributed by atoms with E-state index in [2.05, 4.69) is 37.9 Å². The summed E-state index contributed by atoms with van der Waals surface area (Å²) in [5, 5.41) is 3.81. The zero-order valence-electron chi connectivity index (χ0n) is 14.0. The topological polar surface area (TPSA) is 24.5 Å². The van der Waals surface area contributed by atoms with Gasteiger partial charge < -0.3 is 10.1 Å². The van der Waals surface area contributed by atoms with Crippen molar-refractivity contribution < 1.29 is 4.74 Å². The van der Waals surface area contributed by atoms with Gasteiger partial charge in [-0.2, -0.15) is 0 Å². The van der Waals surface area contributed by atoms with Gasteiger partial charge in [-0.1, -0.05) is 27.7 Å². The molecule has 1 N–H and O–H groups in total. The lowest BCUT2D eigenvalue weighted by Crippen LogP contribution is -2.66. The standard InChI is InChI=1S/C17H34N2O/c1-5-17(6-2)13-18-16(14(3)4)12-19(17)11-15-7-9-20-10-8-15/h14-16,18H,5-13H2,1-4H3. The van der Waals surface area contributed by atoms with E-state index in [9.17, 15) is 0 Å². The van der Waals surface area contributed by atoms with Crippen molar-refractivity contribution in [1.82, 2.24) is 10.2 Å². The molecule has 1 atom stereocenters. The SMILES string of the molecule is CCC1(CC)CNC(C(C)C)CN1CC1CCOCC1. The molecular weight excluding hydrogens is 248 g/mol. The predicted octanol–water partition coefficient (Wildman–Crippen LogP) is 2.90. The van der Waals surface area contributed by atoms with E-state index in [0.29, 0.717) is 11.6 Å². The molecule has 0 amide bonds. The number of nitrogens with one attached hydrogen (secondary N) is 1. The van der Waals surface area contributed by atoms with Gasteiger partial charge >= 0.3 is 0 Å². The summed E-state index contributed by atoms with van der Waals surface area (Å²) in [5.74, 6) is 1.56. The summed E-state index contributed by atoms with van der Waals surface area (Å²) in [6.07, 6.45) is 5.01. The van der Waals surface area contributed by atoms with Crippen LogP contribution in [0, 0.1) is 11.8 Å². The van der Waals surface area contributed by atoms with Crippen molar-refractivity contribution in [2.75, 3.05) is 32.8 Å². The first-order chi connectivity index (χ1) is 9.61. The van der Waals surface area contributed by atoms with E-state index in [-0.39, 0.29) is 0 Å². The van der Waals surface area contributed by atoms with E-state index in [1.807, 2.05) is 0 Å². The maximum Gasteiger partial charge on any atom is 0.0469 e. The molecule has 0 bridgehead atoms. The van der Waals surface area contributed by atoms with E-state index in [0.717, 1.165) is 31.6 Å². The Balaban J connectivity index is 2.04. The van der Waals surface area contributed by atoms with Gasteiger partial charge in [0.2, 0.25) is 0 Å². The Morgan fingerprint density at radius 2 is 1.85 bits per heavy atom. The van der Waals surface area contributed by atoms with Crippen molar-refractivity contribution in [3.8, 4) is 0 Å². The van der Waals surface area contributed by atoms with Crippen LogP contribution in [0.4, 0.5) is 0 Å². The fraction of sp³-hybridized carbons (Fsp3) is 1.00. The van der Waals surface area contributed by atoms with E-state index in [1.165, 1.54) is 38.8 Å². The zero-order chi connectivity index (χ0) is 14.6. The van der Waals surface area contributed by atoms with E-state index < -0.39 is 0 Å². The Morgan fingerprint density at radius 3 is 2.40 bits per heavy atom. The van der Waals surface area contributed by atoms with Crippen LogP contribution in [-0.2, 0) is 4.74 Å². The van der Waals surface area contributed by atoms with Crippen molar-refractivity contribution in [2.24, 2.45) is 11.8 Å². The van der Waals surface area contributed by atoms with Crippen molar-refractivity contribution in [3.63, 3.8) is 0 Å². The second-order valence-electron chi connectivity index (χ2n) is 7.12. The molecule has 20 heavy (non-hydrogen) atoms. The van der Waals surface area contributed by atoms with Crippen LogP contribution in [-0.4, -0.2) is 49.3 Å². The molecule has 1 unspecified atom stereocenters. The Bertz CT molecular complexity index is 283. The summed E-state index contributed by atoms with van der Waals surface area (Å²) in [7, 11) is 0. The molecule has 0 radical (unpaired) electrons. The Hall–Kier alpha value is -0.120. The second kappa shape index (κ2) is 7.24. The fourth-order valence-electron chi connectivity index (χ4n) is 3.83. The van der Waals surface area contributed by atoms with Gasteiger partial charge in [0.05, 0.1) is 0 Å². The lowest BCUT2D eigenvalue weighted by atomic mass is 9.84. The molecule has 3 heteroatoms. The van der Waals surface area contributed by atoms with Crippen LogP contribution in [0.1, 0.15) is 53.4 Å². The van der Waals surface area contributed by atoms with E-state index >= 15 is 0 Å². The quantitative estimate of drug-likeness (QED) is 0.839. The maximum atomic E-state index is 5.52. The normalized spacial score (nSPS) is 28.9. The Morgan fingerprint density at radius 1 is 1.20 bits per heavy atom. The molecule has 2 aliphatic heterocycles. The highest BCUT2D eigenvalue weighted by Gasteiger charge is 2.40. The summed E-state index contributed by atoms with van der Waals surface area (Å²) < 4.78 is 5.52. The smallest absolute Gasteiger partial charge is 0.0469 e. The van der Waals surface area contributed by atoms with Crippen LogP contribution in [0.3, 0.4) is 0 Å². The molecular formula is C17H34N2O. The first-order valence-electron chi connectivity index (χ1n) is 8.67. The van der Waals surface area contributed by atoms with Gasteiger partial charge in [0.25, 0.3) is 0 Å². The van der Waals surface area contributed by atoms with Gasteiger partial charge in [-0.05, 0) is 37.5 Å². The van der Waals surface area contributed by atoms with Crippen LogP contribution in [0.5, 0.6) is 0 Å². The molecule has 0 spiro atoms.